The molecule has 3 heterocycles. The molecule has 2 aliphatic rings. The molecule has 0 aliphatic carbocycles. The molecule has 282 valence electrons. The van der Waals surface area contributed by atoms with E-state index in [4.69, 9.17) is 4.74 Å². The number of hydrogen-bond acceptors (Lipinski definition) is 9. The number of aromatic nitrogens is 2. The number of hydrogen-bond donors (Lipinski definition) is 5. The van der Waals surface area contributed by atoms with E-state index < -0.39 is 36.2 Å². The lowest BCUT2D eigenvalue weighted by atomic mass is 9.96. The van der Waals surface area contributed by atoms with Crippen LogP contribution in [0.4, 0.5) is 9.59 Å². The van der Waals surface area contributed by atoms with Gasteiger partial charge in [-0.2, -0.15) is 0 Å². The summed E-state index contributed by atoms with van der Waals surface area (Å²) in [6.07, 6.45) is 4.27. The van der Waals surface area contributed by atoms with Crippen molar-refractivity contribution in [2.45, 2.75) is 71.1 Å². The largest absolute Gasteiger partial charge is 0.453 e. The van der Waals surface area contributed by atoms with Crippen LogP contribution in [0.3, 0.4) is 0 Å². The Bertz CT molecular complexity index is 1830. The number of aromatic amines is 1. The van der Waals surface area contributed by atoms with Crippen molar-refractivity contribution < 1.29 is 33.8 Å². The van der Waals surface area contributed by atoms with Crippen LogP contribution in [0.2, 0.25) is 0 Å². The van der Waals surface area contributed by atoms with Gasteiger partial charge in [0.2, 0.25) is 11.8 Å². The van der Waals surface area contributed by atoms with Crippen LogP contribution in [0.15, 0.2) is 65.9 Å². The second-order valence-corrected chi connectivity index (χ2v) is 13.9. The Hall–Kier alpha value is -5.50. The zero-order valence-electron chi connectivity index (χ0n) is 31.0. The Labute approximate surface area is 309 Å². The maximum Gasteiger partial charge on any atom is 0.407 e. The predicted octanol–water partition coefficient (Wildman–Crippen LogP) is 4.83. The number of aliphatic imine (C=N–C) groups is 1. The molecule has 0 saturated carbocycles. The Morgan fingerprint density at radius 3 is 1.98 bits per heavy atom. The average molecular weight is 728 g/mol. The summed E-state index contributed by atoms with van der Waals surface area (Å²) in [6.45, 7) is 7.65. The van der Waals surface area contributed by atoms with E-state index in [0.717, 1.165) is 46.4 Å². The molecule has 5 N–H and O–H groups in total. The molecule has 2 aromatic carbocycles. The van der Waals surface area contributed by atoms with Crippen molar-refractivity contribution in [1.29, 1.82) is 0 Å². The number of allylic oxidation sites excluding steroid dienone is 1. The molecule has 0 radical (unpaired) electrons. The number of carbonyl (C=O) groups excluding carboxylic acids is 4. The highest BCUT2D eigenvalue weighted by atomic mass is 16.5. The van der Waals surface area contributed by atoms with Crippen molar-refractivity contribution >= 4 is 35.3 Å². The van der Waals surface area contributed by atoms with E-state index in [0.29, 0.717) is 24.5 Å². The summed E-state index contributed by atoms with van der Waals surface area (Å²) in [6, 6.07) is 13.8. The molecule has 1 aromatic heterocycles. The van der Waals surface area contributed by atoms with Crippen LogP contribution < -0.4 is 16.0 Å². The Kier molecular flexibility index (Phi) is 12.7. The van der Waals surface area contributed by atoms with Gasteiger partial charge in [0.25, 0.3) is 0 Å². The van der Waals surface area contributed by atoms with Crippen LogP contribution >= 0.6 is 0 Å². The zero-order valence-corrected chi connectivity index (χ0v) is 31.0. The second-order valence-electron chi connectivity index (χ2n) is 13.9. The minimum absolute atomic E-state index is 0.111. The van der Waals surface area contributed by atoms with Gasteiger partial charge in [-0.05, 0) is 52.5 Å². The monoisotopic (exact) mass is 727 g/mol. The minimum atomic E-state index is -0.827. The first-order chi connectivity index (χ1) is 25.4. The molecular formula is C39H49N7O7. The maximum atomic E-state index is 13.5. The van der Waals surface area contributed by atoms with Gasteiger partial charge in [0, 0.05) is 24.9 Å². The molecule has 14 heteroatoms. The summed E-state index contributed by atoms with van der Waals surface area (Å²) in [7, 11) is 2.52. The molecule has 0 spiro atoms. The van der Waals surface area contributed by atoms with Crippen LogP contribution in [-0.4, -0.2) is 95.2 Å². The number of nitrogens with zero attached hydrogens (tertiary/aromatic N) is 3. The molecule has 0 unspecified atom stereocenters. The number of amides is 4. The van der Waals surface area contributed by atoms with Gasteiger partial charge in [-0.1, -0.05) is 76.2 Å². The zero-order chi connectivity index (χ0) is 38.2. The van der Waals surface area contributed by atoms with Gasteiger partial charge in [0.1, 0.15) is 17.9 Å². The van der Waals surface area contributed by atoms with Crippen LogP contribution in [0.1, 0.15) is 64.4 Å². The van der Waals surface area contributed by atoms with Crippen molar-refractivity contribution in [3.63, 3.8) is 0 Å². The van der Waals surface area contributed by atoms with Crippen molar-refractivity contribution in [1.82, 2.24) is 30.8 Å². The van der Waals surface area contributed by atoms with Crippen molar-refractivity contribution in [2.24, 2.45) is 16.8 Å². The summed E-state index contributed by atoms with van der Waals surface area (Å²) in [5.41, 5.74) is 6.43. The van der Waals surface area contributed by atoms with Gasteiger partial charge >= 0.3 is 12.2 Å². The van der Waals surface area contributed by atoms with Gasteiger partial charge in [-0.15, -0.1) is 0 Å². The molecule has 4 atom stereocenters. The van der Waals surface area contributed by atoms with E-state index in [9.17, 15) is 24.3 Å². The summed E-state index contributed by atoms with van der Waals surface area (Å²) in [5.74, 6) is -0.178. The molecule has 0 bridgehead atoms. The molecular weight excluding hydrogens is 678 g/mol. The molecule has 14 nitrogen and oxygen atoms in total. The van der Waals surface area contributed by atoms with Crippen molar-refractivity contribution in [2.75, 3.05) is 27.4 Å². The average Bonchev–Trinajstić information content (AvgIpc) is 3.96. The quantitative estimate of drug-likeness (QED) is 0.166. The molecule has 1 fully saturated rings. The molecule has 53 heavy (non-hydrogen) atoms. The number of likely N-dealkylation sites (tertiary alicyclic amines) is 1. The highest BCUT2D eigenvalue weighted by Crippen LogP contribution is 2.33. The number of H-pyrrole nitrogens is 1. The van der Waals surface area contributed by atoms with Gasteiger partial charge in [-0.25, -0.2) is 14.6 Å². The number of aliphatic hydroxyl groups excluding tert-OH is 1. The number of methoxy groups -OCH3 is 2. The Morgan fingerprint density at radius 2 is 1.42 bits per heavy atom. The van der Waals surface area contributed by atoms with Gasteiger partial charge < -0.3 is 40.4 Å². The van der Waals surface area contributed by atoms with E-state index in [1.165, 1.54) is 14.2 Å². The SMILES string of the molecule is COC(=O)N[C@H](C(=O)N[C@@H](CO)C1=NC=C(c2ccc(-c3ccc(-c4cnc([C@@H]5CCCN5C(=O)[C@@H](NC(=O)OC)C(C)C)[nH]4)cc3)cc2)C1)C(C)C. The van der Waals surface area contributed by atoms with Crippen LogP contribution in [0.5, 0.6) is 0 Å². The lowest BCUT2D eigenvalue weighted by Gasteiger charge is -2.30. The molecule has 3 aromatic rings. The predicted molar refractivity (Wildman–Crippen MR) is 201 cm³/mol. The topological polar surface area (TPSA) is 187 Å². The first-order valence-corrected chi connectivity index (χ1v) is 17.9. The molecule has 2 aliphatic heterocycles. The minimum Gasteiger partial charge on any atom is -0.453 e. The number of aliphatic hydroxyl groups is 1. The standard InChI is InChI=1S/C39H49N7O7/c1-22(2)33(44-38(50)52-5)36(48)43-31(21-47)29-18-28(19-40-29)26-11-9-24(10-12-26)25-13-15-27(16-14-25)30-20-41-35(42-30)32-8-7-17-46(32)37(49)34(23(3)4)45-39(51)53-6/h9-16,19-20,22-23,31-34,47H,7-8,17-18,21H2,1-6H3,(H,41,42)(H,43,48)(H,44,50)(H,45,51)/t31-,32-,33-,34-/m0/s1. The van der Waals surface area contributed by atoms with E-state index in [-0.39, 0.29) is 30.4 Å². The third-order valence-corrected chi connectivity index (χ3v) is 9.69. The normalized spacial score (nSPS) is 17.2. The molecule has 4 amide bonds. The summed E-state index contributed by atoms with van der Waals surface area (Å²) >= 11 is 0. The van der Waals surface area contributed by atoms with Crippen LogP contribution in [-0.2, 0) is 19.1 Å². The lowest BCUT2D eigenvalue weighted by Crippen LogP contribution is -2.54. The van der Waals surface area contributed by atoms with Gasteiger partial charge in [-0.3, -0.25) is 14.6 Å². The summed E-state index contributed by atoms with van der Waals surface area (Å²) < 4.78 is 9.39. The number of imidazole rings is 1. The first kappa shape index (κ1) is 38.7. The van der Waals surface area contributed by atoms with E-state index in [1.54, 1.807) is 17.3 Å². The number of carbonyl (C=O) groups is 4. The highest BCUT2D eigenvalue weighted by molar-refractivity contribution is 6.03. The number of ether oxygens (including phenoxy) is 2. The third kappa shape index (κ3) is 9.12. The van der Waals surface area contributed by atoms with Gasteiger partial charge in [0.15, 0.2) is 0 Å². The second kappa shape index (κ2) is 17.3. The summed E-state index contributed by atoms with van der Waals surface area (Å²) in [4.78, 5) is 64.5. The highest BCUT2D eigenvalue weighted by Gasteiger charge is 2.37. The summed E-state index contributed by atoms with van der Waals surface area (Å²) in [5, 5.41) is 18.1. The Morgan fingerprint density at radius 1 is 0.849 bits per heavy atom. The lowest BCUT2D eigenvalue weighted by molar-refractivity contribution is -0.135. The van der Waals surface area contributed by atoms with Crippen molar-refractivity contribution in [3.05, 3.63) is 72.3 Å². The first-order valence-electron chi connectivity index (χ1n) is 17.9. The van der Waals surface area contributed by atoms with Crippen molar-refractivity contribution in [3.8, 4) is 22.4 Å². The fraction of sp³-hybridized carbons (Fsp3) is 0.436. The van der Waals surface area contributed by atoms with E-state index in [1.807, 2.05) is 76.2 Å². The fourth-order valence-corrected chi connectivity index (χ4v) is 6.62. The molecule has 5 rings (SSSR count). The van der Waals surface area contributed by atoms with Crippen LogP contribution in [0.25, 0.3) is 28.0 Å². The van der Waals surface area contributed by atoms with Gasteiger partial charge in [0.05, 0.1) is 44.8 Å². The van der Waals surface area contributed by atoms with Crippen LogP contribution in [0, 0.1) is 11.8 Å². The number of benzene rings is 2. The number of nitrogens with one attached hydrogen (secondary N) is 4. The number of rotatable bonds is 13. The Balaban J connectivity index is 1.19. The molecule has 1 saturated heterocycles. The fourth-order valence-electron chi connectivity index (χ4n) is 6.62. The number of alkyl carbamates (subject to hydrolysis) is 2. The smallest absolute Gasteiger partial charge is 0.407 e. The third-order valence-electron chi connectivity index (χ3n) is 9.69. The maximum absolute atomic E-state index is 13.5. The van der Waals surface area contributed by atoms with E-state index in [2.05, 4.69) is 35.6 Å². The van der Waals surface area contributed by atoms with E-state index >= 15 is 0 Å².